The Morgan fingerprint density at radius 1 is 1.60 bits per heavy atom. The van der Waals surface area contributed by atoms with Gasteiger partial charge in [0.25, 0.3) is 0 Å². The number of nitrogens with zero attached hydrogens (tertiary/aromatic N) is 2. The van der Waals surface area contributed by atoms with Crippen molar-refractivity contribution in [1.29, 1.82) is 0 Å². The van der Waals surface area contributed by atoms with Crippen molar-refractivity contribution in [3.05, 3.63) is 16.1 Å². The molecular weight excluding hydrogens is 254 g/mol. The molecule has 0 spiro atoms. The zero-order chi connectivity index (χ0) is 10.8. The molecule has 84 valence electrons. The Kier molecular flexibility index (Phi) is 3.46. The summed E-state index contributed by atoms with van der Waals surface area (Å²) in [7, 11) is 0. The highest BCUT2D eigenvalue weighted by Gasteiger charge is 2.22. The van der Waals surface area contributed by atoms with Gasteiger partial charge >= 0.3 is 0 Å². The van der Waals surface area contributed by atoms with Crippen molar-refractivity contribution < 1.29 is 0 Å². The van der Waals surface area contributed by atoms with E-state index in [0.29, 0.717) is 6.04 Å². The smallest absolute Gasteiger partial charge is 0.110 e. The molecule has 2 rings (SSSR count). The second kappa shape index (κ2) is 4.66. The van der Waals surface area contributed by atoms with Crippen LogP contribution in [-0.2, 0) is 12.8 Å². The third kappa shape index (κ3) is 2.11. The Morgan fingerprint density at radius 3 is 3.07 bits per heavy atom. The predicted molar refractivity (Wildman–Crippen MR) is 65.0 cm³/mol. The minimum Gasteiger partial charge on any atom is -0.330 e. The van der Waals surface area contributed by atoms with Crippen LogP contribution in [0.5, 0.6) is 0 Å². The van der Waals surface area contributed by atoms with E-state index >= 15 is 0 Å². The topological polar surface area (TPSA) is 43.8 Å². The number of aryl methyl sites for hydroxylation is 2. The zero-order valence-corrected chi connectivity index (χ0v) is 10.8. The molecule has 0 aromatic carbocycles. The fourth-order valence-corrected chi connectivity index (χ4v) is 3.09. The van der Waals surface area contributed by atoms with Crippen LogP contribution in [0.4, 0.5) is 0 Å². The molecule has 1 atom stereocenters. The van der Waals surface area contributed by atoms with Gasteiger partial charge in [-0.25, -0.2) is 4.98 Å². The first-order valence-electron chi connectivity index (χ1n) is 5.69. The molecule has 0 saturated heterocycles. The molecule has 0 radical (unpaired) electrons. The standard InChI is InChI=1S/C11H18BrN3/c1-8-4-2-6-10-14-9(5-3-7-13)11(12)15(8)10/h8H,2-7,13H2,1H3. The van der Waals surface area contributed by atoms with Crippen molar-refractivity contribution in [3.8, 4) is 0 Å². The first kappa shape index (κ1) is 11.1. The van der Waals surface area contributed by atoms with Crippen molar-refractivity contribution >= 4 is 15.9 Å². The quantitative estimate of drug-likeness (QED) is 0.918. The lowest BCUT2D eigenvalue weighted by molar-refractivity contribution is 0.420. The largest absolute Gasteiger partial charge is 0.330 e. The van der Waals surface area contributed by atoms with Gasteiger partial charge in [0.2, 0.25) is 0 Å². The highest BCUT2D eigenvalue weighted by Crippen LogP contribution is 2.31. The Bertz CT molecular complexity index is 346. The number of fused-ring (bicyclic) bond motifs is 1. The molecule has 0 saturated carbocycles. The zero-order valence-electron chi connectivity index (χ0n) is 9.17. The average Bonchev–Trinajstić information content (AvgIpc) is 2.54. The molecular formula is C11H18BrN3. The van der Waals surface area contributed by atoms with Gasteiger partial charge in [-0.3, -0.25) is 0 Å². The number of aromatic nitrogens is 2. The van der Waals surface area contributed by atoms with Crippen LogP contribution >= 0.6 is 15.9 Å². The Balaban J connectivity index is 2.27. The second-order valence-corrected chi connectivity index (χ2v) is 5.02. The summed E-state index contributed by atoms with van der Waals surface area (Å²) in [6.45, 7) is 3.01. The highest BCUT2D eigenvalue weighted by atomic mass is 79.9. The molecule has 0 aliphatic carbocycles. The van der Waals surface area contributed by atoms with Crippen LogP contribution in [0.15, 0.2) is 4.60 Å². The van der Waals surface area contributed by atoms with Crippen molar-refractivity contribution in [2.45, 2.75) is 45.1 Å². The predicted octanol–water partition coefficient (Wildman–Crippen LogP) is 2.43. The van der Waals surface area contributed by atoms with Crippen LogP contribution in [0, 0.1) is 0 Å². The minimum atomic E-state index is 0.585. The summed E-state index contributed by atoms with van der Waals surface area (Å²) in [5.74, 6) is 1.24. The maximum atomic E-state index is 5.53. The van der Waals surface area contributed by atoms with Gasteiger partial charge in [0, 0.05) is 12.5 Å². The number of halogens is 1. The van der Waals surface area contributed by atoms with Gasteiger partial charge in [-0.2, -0.15) is 0 Å². The maximum absolute atomic E-state index is 5.53. The van der Waals surface area contributed by atoms with Crippen LogP contribution in [0.3, 0.4) is 0 Å². The number of hydrogen-bond acceptors (Lipinski definition) is 2. The van der Waals surface area contributed by atoms with Gasteiger partial charge in [-0.1, -0.05) is 0 Å². The monoisotopic (exact) mass is 271 g/mol. The van der Waals surface area contributed by atoms with Crippen molar-refractivity contribution in [1.82, 2.24) is 9.55 Å². The molecule has 1 unspecified atom stereocenters. The van der Waals surface area contributed by atoms with E-state index in [9.17, 15) is 0 Å². The summed E-state index contributed by atoms with van der Waals surface area (Å²) in [6.07, 6.45) is 5.65. The van der Waals surface area contributed by atoms with Gasteiger partial charge in [0.15, 0.2) is 0 Å². The molecule has 0 amide bonds. The lowest BCUT2D eigenvalue weighted by atomic mass is 10.1. The Hall–Kier alpha value is -0.350. The molecule has 1 aliphatic rings. The van der Waals surface area contributed by atoms with E-state index in [2.05, 4.69) is 27.4 Å². The van der Waals surface area contributed by atoms with E-state index in [1.807, 2.05) is 0 Å². The fourth-order valence-electron chi connectivity index (χ4n) is 2.25. The molecule has 2 N–H and O–H groups in total. The summed E-state index contributed by atoms with van der Waals surface area (Å²) < 4.78 is 3.52. The average molecular weight is 272 g/mol. The molecule has 0 fully saturated rings. The molecule has 15 heavy (non-hydrogen) atoms. The number of imidazole rings is 1. The van der Waals surface area contributed by atoms with E-state index in [1.165, 1.54) is 29.0 Å². The molecule has 1 aliphatic heterocycles. The van der Waals surface area contributed by atoms with Gasteiger partial charge in [-0.05, 0) is 55.1 Å². The molecule has 1 aromatic rings. The molecule has 4 heteroatoms. The number of rotatable bonds is 3. The summed E-state index contributed by atoms with van der Waals surface area (Å²) in [5.41, 5.74) is 6.71. The van der Waals surface area contributed by atoms with Crippen molar-refractivity contribution in [2.75, 3.05) is 6.54 Å². The van der Waals surface area contributed by atoms with E-state index in [0.717, 1.165) is 25.8 Å². The van der Waals surface area contributed by atoms with Gasteiger partial charge in [0.05, 0.1) is 5.69 Å². The molecule has 1 aromatic heterocycles. The maximum Gasteiger partial charge on any atom is 0.110 e. The van der Waals surface area contributed by atoms with Crippen LogP contribution < -0.4 is 5.73 Å². The first-order chi connectivity index (χ1) is 7.24. The van der Waals surface area contributed by atoms with Crippen LogP contribution in [0.25, 0.3) is 0 Å². The Labute approximate surface area is 99.2 Å². The third-order valence-electron chi connectivity index (χ3n) is 3.07. The highest BCUT2D eigenvalue weighted by molar-refractivity contribution is 9.10. The Morgan fingerprint density at radius 2 is 2.40 bits per heavy atom. The van der Waals surface area contributed by atoms with E-state index < -0.39 is 0 Å². The summed E-state index contributed by atoms with van der Waals surface area (Å²) in [6, 6.07) is 0.585. The molecule has 2 heterocycles. The fraction of sp³-hybridized carbons (Fsp3) is 0.727. The molecule has 0 bridgehead atoms. The van der Waals surface area contributed by atoms with E-state index in [-0.39, 0.29) is 0 Å². The van der Waals surface area contributed by atoms with Crippen LogP contribution in [0.1, 0.15) is 43.7 Å². The number of hydrogen-bond donors (Lipinski definition) is 1. The third-order valence-corrected chi connectivity index (χ3v) is 3.91. The normalized spacial score (nSPS) is 20.3. The van der Waals surface area contributed by atoms with Crippen molar-refractivity contribution in [2.24, 2.45) is 5.73 Å². The number of nitrogens with two attached hydrogens (primary N) is 1. The SMILES string of the molecule is CC1CCCc2nc(CCCN)c(Br)n21. The lowest BCUT2D eigenvalue weighted by Crippen LogP contribution is -2.15. The summed E-state index contributed by atoms with van der Waals surface area (Å²) in [4.78, 5) is 4.70. The molecule has 3 nitrogen and oxygen atoms in total. The minimum absolute atomic E-state index is 0.585. The van der Waals surface area contributed by atoms with Crippen molar-refractivity contribution in [3.63, 3.8) is 0 Å². The summed E-state index contributed by atoms with van der Waals surface area (Å²) in [5, 5.41) is 0. The van der Waals surface area contributed by atoms with Crippen LogP contribution in [0.2, 0.25) is 0 Å². The summed E-state index contributed by atoms with van der Waals surface area (Å²) >= 11 is 3.67. The van der Waals surface area contributed by atoms with Gasteiger partial charge in [0.1, 0.15) is 10.4 Å². The first-order valence-corrected chi connectivity index (χ1v) is 6.49. The van der Waals surface area contributed by atoms with E-state index in [4.69, 9.17) is 10.7 Å². The van der Waals surface area contributed by atoms with E-state index in [1.54, 1.807) is 0 Å². The second-order valence-electron chi connectivity index (χ2n) is 4.27. The lowest BCUT2D eigenvalue weighted by Gasteiger charge is -2.22. The van der Waals surface area contributed by atoms with Crippen LogP contribution in [-0.4, -0.2) is 16.1 Å². The van der Waals surface area contributed by atoms with Gasteiger partial charge < -0.3 is 10.3 Å². The van der Waals surface area contributed by atoms with Gasteiger partial charge in [-0.15, -0.1) is 0 Å².